The van der Waals surface area contributed by atoms with Gasteiger partial charge in [-0.1, -0.05) is 29.8 Å². The van der Waals surface area contributed by atoms with Crippen LogP contribution in [0, 0.1) is 5.82 Å². The number of rotatable bonds is 4. The molecule has 3 rings (SSSR count). The second-order valence-corrected chi connectivity index (χ2v) is 4.79. The third kappa shape index (κ3) is 2.75. The summed E-state index contributed by atoms with van der Waals surface area (Å²) >= 11 is 5.71. The molecule has 102 valence electrons. The van der Waals surface area contributed by atoms with Gasteiger partial charge in [0.1, 0.15) is 11.3 Å². The van der Waals surface area contributed by atoms with Crippen LogP contribution in [0.2, 0.25) is 5.02 Å². The van der Waals surface area contributed by atoms with Crippen molar-refractivity contribution in [1.82, 2.24) is 4.98 Å². The molecule has 1 N–H and O–H groups in total. The van der Waals surface area contributed by atoms with Crippen LogP contribution in [0.4, 0.5) is 10.1 Å². The van der Waals surface area contributed by atoms with E-state index in [0.717, 1.165) is 5.69 Å². The van der Waals surface area contributed by atoms with Crippen molar-refractivity contribution in [2.24, 2.45) is 0 Å². The molecule has 0 aliphatic carbocycles. The number of nitrogens with zero attached hydrogens (tertiary/aromatic N) is 1. The maximum atomic E-state index is 13.3. The van der Waals surface area contributed by atoms with Gasteiger partial charge in [0, 0.05) is 24.7 Å². The minimum absolute atomic E-state index is 0.0553. The minimum atomic E-state index is -0.496. The molecule has 0 unspecified atom stereocenters. The Morgan fingerprint density at radius 2 is 2.00 bits per heavy atom. The van der Waals surface area contributed by atoms with E-state index < -0.39 is 5.82 Å². The largest absolute Gasteiger partial charge is 0.441 e. The Hall–Kier alpha value is -2.07. The van der Waals surface area contributed by atoms with Crippen molar-refractivity contribution in [3.8, 4) is 0 Å². The standard InChI is InChI=1S/C15H12ClFN2O/c16-11-8-13-14(9-12(11)17)20-15(19-13)6-7-18-10-4-2-1-3-5-10/h1-5,8-9,18H,6-7H2. The van der Waals surface area contributed by atoms with Crippen LogP contribution in [0.5, 0.6) is 0 Å². The van der Waals surface area contributed by atoms with Gasteiger partial charge in [0.25, 0.3) is 0 Å². The zero-order chi connectivity index (χ0) is 13.9. The van der Waals surface area contributed by atoms with Crippen molar-refractivity contribution in [1.29, 1.82) is 0 Å². The molecule has 0 atom stereocenters. The summed E-state index contributed by atoms with van der Waals surface area (Å²) in [5.74, 6) is 0.0642. The predicted octanol–water partition coefficient (Wildman–Crippen LogP) is 4.27. The van der Waals surface area contributed by atoms with Gasteiger partial charge in [-0.05, 0) is 18.2 Å². The summed E-state index contributed by atoms with van der Waals surface area (Å²) in [6.45, 7) is 0.688. The quantitative estimate of drug-likeness (QED) is 0.779. The molecular weight excluding hydrogens is 279 g/mol. The van der Waals surface area contributed by atoms with Gasteiger partial charge >= 0.3 is 0 Å². The molecule has 5 heteroatoms. The van der Waals surface area contributed by atoms with E-state index in [1.54, 1.807) is 0 Å². The monoisotopic (exact) mass is 290 g/mol. The number of benzene rings is 2. The van der Waals surface area contributed by atoms with E-state index in [1.165, 1.54) is 12.1 Å². The van der Waals surface area contributed by atoms with Crippen LogP contribution in [0.25, 0.3) is 11.1 Å². The molecule has 3 aromatic rings. The summed E-state index contributed by atoms with van der Waals surface area (Å²) in [6.07, 6.45) is 0.614. The van der Waals surface area contributed by atoms with E-state index in [4.69, 9.17) is 16.0 Å². The normalized spacial score (nSPS) is 10.9. The molecule has 1 aromatic heterocycles. The van der Waals surface area contributed by atoms with Crippen molar-refractivity contribution in [3.63, 3.8) is 0 Å². The number of nitrogens with one attached hydrogen (secondary N) is 1. The molecule has 0 fully saturated rings. The molecule has 3 nitrogen and oxygen atoms in total. The number of halogens is 2. The smallest absolute Gasteiger partial charge is 0.197 e. The summed E-state index contributed by atoms with van der Waals surface area (Å²) in [7, 11) is 0. The van der Waals surface area contributed by atoms with Gasteiger partial charge in [-0.25, -0.2) is 9.37 Å². The lowest BCUT2D eigenvalue weighted by atomic mass is 10.3. The Morgan fingerprint density at radius 1 is 1.20 bits per heavy atom. The number of hydrogen-bond donors (Lipinski definition) is 1. The fourth-order valence-corrected chi connectivity index (χ4v) is 2.11. The van der Waals surface area contributed by atoms with Crippen LogP contribution in [0.15, 0.2) is 46.9 Å². The summed E-state index contributed by atoms with van der Waals surface area (Å²) in [4.78, 5) is 4.29. The average Bonchev–Trinajstić information content (AvgIpc) is 2.82. The highest BCUT2D eigenvalue weighted by Gasteiger charge is 2.09. The molecule has 2 aromatic carbocycles. The number of aromatic nitrogens is 1. The van der Waals surface area contributed by atoms with Crippen LogP contribution < -0.4 is 5.32 Å². The lowest BCUT2D eigenvalue weighted by Crippen LogP contribution is -2.04. The molecule has 1 heterocycles. The topological polar surface area (TPSA) is 38.1 Å². The van der Waals surface area contributed by atoms with Gasteiger partial charge in [-0.2, -0.15) is 0 Å². The lowest BCUT2D eigenvalue weighted by Gasteiger charge is -2.03. The van der Waals surface area contributed by atoms with E-state index in [0.29, 0.717) is 30.0 Å². The molecule has 0 amide bonds. The Bertz CT molecular complexity index is 688. The van der Waals surface area contributed by atoms with Crippen LogP contribution >= 0.6 is 11.6 Å². The highest BCUT2D eigenvalue weighted by molar-refractivity contribution is 6.31. The van der Waals surface area contributed by atoms with Crippen molar-refractivity contribution in [3.05, 3.63) is 59.2 Å². The maximum Gasteiger partial charge on any atom is 0.197 e. The van der Waals surface area contributed by atoms with E-state index in [1.807, 2.05) is 30.3 Å². The Balaban J connectivity index is 1.69. The number of para-hydroxylation sites is 1. The van der Waals surface area contributed by atoms with Crippen molar-refractivity contribution in [2.45, 2.75) is 6.42 Å². The zero-order valence-corrected chi connectivity index (χ0v) is 11.3. The van der Waals surface area contributed by atoms with E-state index >= 15 is 0 Å². The average molecular weight is 291 g/mol. The summed E-state index contributed by atoms with van der Waals surface area (Å²) in [5.41, 5.74) is 2.03. The molecule has 0 aliphatic heterocycles. The number of anilines is 1. The molecule has 0 saturated carbocycles. The molecule has 0 bridgehead atoms. The Kier molecular flexibility index (Phi) is 3.56. The van der Waals surface area contributed by atoms with Crippen molar-refractivity contribution < 1.29 is 8.81 Å². The van der Waals surface area contributed by atoms with Crippen LogP contribution in [-0.4, -0.2) is 11.5 Å². The summed E-state index contributed by atoms with van der Waals surface area (Å²) in [5, 5.41) is 3.32. The number of oxazole rings is 1. The van der Waals surface area contributed by atoms with Gasteiger partial charge in [0.2, 0.25) is 0 Å². The van der Waals surface area contributed by atoms with Crippen LogP contribution in [0.1, 0.15) is 5.89 Å². The Labute approximate surface area is 120 Å². The van der Waals surface area contributed by atoms with Crippen LogP contribution in [-0.2, 0) is 6.42 Å². The molecular formula is C15H12ClFN2O. The van der Waals surface area contributed by atoms with Crippen molar-refractivity contribution >= 4 is 28.4 Å². The highest BCUT2D eigenvalue weighted by Crippen LogP contribution is 2.23. The molecule has 0 spiro atoms. The molecule has 0 saturated heterocycles. The number of hydrogen-bond acceptors (Lipinski definition) is 3. The minimum Gasteiger partial charge on any atom is -0.441 e. The van der Waals surface area contributed by atoms with Gasteiger partial charge in [0.05, 0.1) is 5.02 Å². The second-order valence-electron chi connectivity index (χ2n) is 4.38. The van der Waals surface area contributed by atoms with E-state index in [2.05, 4.69) is 10.3 Å². The highest BCUT2D eigenvalue weighted by atomic mass is 35.5. The molecule has 0 radical (unpaired) electrons. The zero-order valence-electron chi connectivity index (χ0n) is 10.6. The maximum absolute atomic E-state index is 13.3. The van der Waals surface area contributed by atoms with Crippen molar-refractivity contribution in [2.75, 3.05) is 11.9 Å². The van der Waals surface area contributed by atoms with Gasteiger partial charge in [0.15, 0.2) is 11.5 Å². The predicted molar refractivity (Wildman–Crippen MR) is 77.6 cm³/mol. The summed E-state index contributed by atoms with van der Waals surface area (Å²) < 4.78 is 18.8. The third-order valence-corrected chi connectivity index (χ3v) is 3.21. The van der Waals surface area contributed by atoms with Gasteiger partial charge in [-0.15, -0.1) is 0 Å². The summed E-state index contributed by atoms with van der Waals surface area (Å²) in [6, 6.07) is 12.6. The molecule has 0 aliphatic rings. The SMILES string of the molecule is Fc1cc2oc(CCNc3ccccc3)nc2cc1Cl. The Morgan fingerprint density at radius 3 is 2.80 bits per heavy atom. The third-order valence-electron chi connectivity index (χ3n) is 2.92. The van der Waals surface area contributed by atoms with Gasteiger partial charge in [-0.3, -0.25) is 0 Å². The van der Waals surface area contributed by atoms with Crippen LogP contribution in [0.3, 0.4) is 0 Å². The van der Waals surface area contributed by atoms with E-state index in [-0.39, 0.29) is 5.02 Å². The van der Waals surface area contributed by atoms with Gasteiger partial charge < -0.3 is 9.73 Å². The molecule has 20 heavy (non-hydrogen) atoms. The first-order valence-corrected chi connectivity index (χ1v) is 6.63. The lowest BCUT2D eigenvalue weighted by molar-refractivity contribution is 0.530. The van der Waals surface area contributed by atoms with E-state index in [9.17, 15) is 4.39 Å². The fourth-order valence-electron chi connectivity index (χ4n) is 1.95. The fraction of sp³-hybridized carbons (Fsp3) is 0.133. The first kappa shape index (κ1) is 12.9. The number of fused-ring (bicyclic) bond motifs is 1. The second kappa shape index (κ2) is 5.51. The first-order chi connectivity index (χ1) is 9.72. The first-order valence-electron chi connectivity index (χ1n) is 6.26.